The molecule has 0 atom stereocenters. The first-order valence-electron chi connectivity index (χ1n) is 19.6. The lowest BCUT2D eigenvalue weighted by Crippen LogP contribution is -2.27. The number of furan rings is 2. The molecule has 5 heteroatoms. The normalized spacial score (nSPS) is 14.6. The molecule has 0 amide bonds. The van der Waals surface area contributed by atoms with Crippen LogP contribution in [0.25, 0.3) is 100 Å². The number of hydrogen-bond donors (Lipinski definition) is 0. The third-order valence-corrected chi connectivity index (χ3v) is 12.4. The Kier molecular flexibility index (Phi) is 6.79. The minimum atomic E-state index is 0.157. The molecule has 0 unspecified atom stereocenters. The molecule has 2 aliphatic carbocycles. The second-order valence-corrected chi connectivity index (χ2v) is 15.5. The zero-order chi connectivity index (χ0) is 36.8. The molecule has 0 N–H and O–H groups in total. The minimum absolute atomic E-state index is 0.157. The summed E-state index contributed by atoms with van der Waals surface area (Å²) in [6.07, 6.45) is 6.39. The van der Waals surface area contributed by atoms with Crippen LogP contribution in [0.2, 0.25) is 0 Å². The number of fused-ring (bicyclic) bond motifs is 11. The Hall–Kier alpha value is -6.85. The van der Waals surface area contributed by atoms with E-state index >= 15 is 0 Å². The fraction of sp³-hybridized carbons (Fsp3) is 0.118. The van der Waals surface area contributed by atoms with E-state index in [0.29, 0.717) is 17.5 Å². The van der Waals surface area contributed by atoms with Crippen molar-refractivity contribution in [2.45, 2.75) is 37.5 Å². The van der Waals surface area contributed by atoms with Gasteiger partial charge in [-0.3, -0.25) is 0 Å². The maximum Gasteiger partial charge on any atom is 0.164 e. The van der Waals surface area contributed by atoms with E-state index in [2.05, 4.69) is 103 Å². The van der Waals surface area contributed by atoms with Crippen LogP contribution in [0.3, 0.4) is 0 Å². The largest absolute Gasteiger partial charge is 0.456 e. The smallest absolute Gasteiger partial charge is 0.164 e. The summed E-state index contributed by atoms with van der Waals surface area (Å²) in [6.45, 7) is 0. The molecule has 1 fully saturated rings. The van der Waals surface area contributed by atoms with Crippen molar-refractivity contribution in [3.05, 3.63) is 163 Å². The number of rotatable bonds is 4. The molecule has 5 nitrogen and oxygen atoms in total. The van der Waals surface area contributed by atoms with E-state index in [1.165, 1.54) is 65.5 Å². The maximum absolute atomic E-state index is 6.27. The third kappa shape index (κ3) is 4.77. The van der Waals surface area contributed by atoms with Gasteiger partial charge in [0, 0.05) is 43.7 Å². The van der Waals surface area contributed by atoms with Crippen molar-refractivity contribution in [1.29, 1.82) is 0 Å². The van der Waals surface area contributed by atoms with Crippen molar-refractivity contribution in [3.8, 4) is 56.4 Å². The lowest BCUT2D eigenvalue weighted by Gasteiger charge is -2.36. The highest BCUT2D eigenvalue weighted by Gasteiger charge is 2.43. The highest BCUT2D eigenvalue weighted by molar-refractivity contribution is 6.06. The molecular weight excluding hydrogens is 687 g/mol. The monoisotopic (exact) mass is 721 g/mol. The van der Waals surface area contributed by atoms with E-state index in [-0.39, 0.29) is 5.41 Å². The van der Waals surface area contributed by atoms with Gasteiger partial charge in [-0.15, -0.1) is 0 Å². The van der Waals surface area contributed by atoms with Gasteiger partial charge < -0.3 is 8.83 Å². The van der Waals surface area contributed by atoms with Gasteiger partial charge in [0.05, 0.1) is 0 Å². The third-order valence-electron chi connectivity index (χ3n) is 12.4. The molecule has 10 aromatic rings. The molecular formula is C51H35N3O2. The zero-order valence-electron chi connectivity index (χ0n) is 30.6. The van der Waals surface area contributed by atoms with Gasteiger partial charge >= 0.3 is 0 Å². The van der Waals surface area contributed by atoms with Crippen LogP contribution in [0.15, 0.2) is 160 Å². The zero-order valence-corrected chi connectivity index (χ0v) is 30.6. The molecule has 1 saturated carbocycles. The number of nitrogens with zero attached hydrogens (tertiary/aromatic N) is 3. The molecule has 1 spiro atoms. The van der Waals surface area contributed by atoms with E-state index < -0.39 is 0 Å². The Morgan fingerprint density at radius 1 is 0.357 bits per heavy atom. The number of hydrogen-bond acceptors (Lipinski definition) is 5. The van der Waals surface area contributed by atoms with Gasteiger partial charge in [0.15, 0.2) is 17.5 Å². The summed E-state index contributed by atoms with van der Waals surface area (Å²) in [5, 5.41) is 4.31. The van der Waals surface area contributed by atoms with E-state index in [0.717, 1.165) is 60.6 Å². The van der Waals surface area contributed by atoms with Gasteiger partial charge in [-0.2, -0.15) is 0 Å². The van der Waals surface area contributed by atoms with Gasteiger partial charge in [0.1, 0.15) is 22.3 Å². The summed E-state index contributed by atoms with van der Waals surface area (Å²) in [5.41, 5.74) is 14.3. The van der Waals surface area contributed by atoms with Crippen LogP contribution in [0.1, 0.15) is 43.2 Å². The van der Waals surface area contributed by atoms with Gasteiger partial charge in [-0.25, -0.2) is 15.0 Å². The number of aromatic nitrogens is 3. The molecule has 0 bridgehead atoms. The van der Waals surface area contributed by atoms with E-state index in [1.807, 2.05) is 48.5 Å². The summed E-state index contributed by atoms with van der Waals surface area (Å²) in [5.74, 6) is 1.76. The van der Waals surface area contributed by atoms with Crippen LogP contribution in [0, 0.1) is 0 Å². The molecule has 0 aliphatic heterocycles. The lowest BCUT2D eigenvalue weighted by molar-refractivity contribution is 0.353. The van der Waals surface area contributed by atoms with Gasteiger partial charge in [0.25, 0.3) is 0 Å². The fourth-order valence-electron chi connectivity index (χ4n) is 9.64. The summed E-state index contributed by atoms with van der Waals surface area (Å²) < 4.78 is 12.5. The Labute approximate surface area is 323 Å². The summed E-state index contributed by atoms with van der Waals surface area (Å²) in [6, 6.07) is 53.5. The van der Waals surface area contributed by atoms with Crippen molar-refractivity contribution in [1.82, 2.24) is 15.0 Å². The lowest BCUT2D eigenvalue weighted by atomic mass is 9.68. The highest BCUT2D eigenvalue weighted by Crippen LogP contribution is 2.56. The summed E-state index contributed by atoms with van der Waals surface area (Å²) in [7, 11) is 0. The predicted molar refractivity (Wildman–Crippen MR) is 225 cm³/mol. The molecule has 266 valence electrons. The Morgan fingerprint density at radius 3 is 1.48 bits per heavy atom. The molecule has 3 heterocycles. The molecule has 0 radical (unpaired) electrons. The van der Waals surface area contributed by atoms with Crippen molar-refractivity contribution >= 4 is 43.9 Å². The number of benzene rings is 7. The number of para-hydroxylation sites is 2. The molecule has 7 aromatic carbocycles. The van der Waals surface area contributed by atoms with E-state index in [1.54, 1.807) is 0 Å². The molecule has 0 saturated heterocycles. The quantitative estimate of drug-likeness (QED) is 0.181. The van der Waals surface area contributed by atoms with Crippen LogP contribution < -0.4 is 0 Å². The average Bonchev–Trinajstić information content (AvgIpc) is 3.91. The fourth-order valence-corrected chi connectivity index (χ4v) is 9.64. The van der Waals surface area contributed by atoms with Crippen molar-refractivity contribution < 1.29 is 8.83 Å². The standard InChI is InChI=1S/C51H35N3O2/c1-8-26-51(27-9-1)42-13-5-2-10-36(42)41-28-33(22-25-43(41)51)31-16-18-32(19-17-31)48-52-49(34-20-23-39-37-11-3-6-14-44(37)55-46(39)29-34)54-50(53-48)35-21-24-40-38-12-4-7-15-45(38)56-47(40)30-35/h2-7,10-25,28-30H,1,8-9,26-27H2. The van der Waals surface area contributed by atoms with Crippen molar-refractivity contribution in [2.24, 2.45) is 0 Å². The predicted octanol–water partition coefficient (Wildman–Crippen LogP) is 13.6. The topological polar surface area (TPSA) is 65.0 Å². The van der Waals surface area contributed by atoms with Gasteiger partial charge in [-0.1, -0.05) is 128 Å². The Balaban J connectivity index is 0.962. The Morgan fingerprint density at radius 2 is 0.839 bits per heavy atom. The maximum atomic E-state index is 6.27. The van der Waals surface area contributed by atoms with Crippen LogP contribution in [0.4, 0.5) is 0 Å². The molecule has 3 aromatic heterocycles. The molecule has 12 rings (SSSR count). The average molecular weight is 722 g/mol. The van der Waals surface area contributed by atoms with Crippen LogP contribution in [-0.4, -0.2) is 15.0 Å². The summed E-state index contributed by atoms with van der Waals surface area (Å²) in [4.78, 5) is 15.3. The first-order valence-corrected chi connectivity index (χ1v) is 19.6. The second-order valence-electron chi connectivity index (χ2n) is 15.5. The van der Waals surface area contributed by atoms with Crippen molar-refractivity contribution in [2.75, 3.05) is 0 Å². The molecule has 2 aliphatic rings. The first-order chi connectivity index (χ1) is 27.7. The van der Waals surface area contributed by atoms with Crippen LogP contribution >= 0.6 is 0 Å². The molecule has 56 heavy (non-hydrogen) atoms. The second kappa shape index (κ2) is 12.1. The minimum Gasteiger partial charge on any atom is -0.456 e. The van der Waals surface area contributed by atoms with Crippen LogP contribution in [0.5, 0.6) is 0 Å². The van der Waals surface area contributed by atoms with E-state index in [4.69, 9.17) is 23.8 Å². The van der Waals surface area contributed by atoms with Crippen molar-refractivity contribution in [3.63, 3.8) is 0 Å². The van der Waals surface area contributed by atoms with Crippen LogP contribution in [-0.2, 0) is 5.41 Å². The van der Waals surface area contributed by atoms with Gasteiger partial charge in [-0.05, 0) is 88.7 Å². The van der Waals surface area contributed by atoms with Gasteiger partial charge in [0.2, 0.25) is 0 Å². The summed E-state index contributed by atoms with van der Waals surface area (Å²) >= 11 is 0. The van der Waals surface area contributed by atoms with E-state index in [9.17, 15) is 0 Å². The Bertz CT molecular complexity index is 3050. The first kappa shape index (κ1) is 31.5. The highest BCUT2D eigenvalue weighted by atomic mass is 16.3. The SMILES string of the molecule is c1ccc2c(c1)-c1cc(-c3ccc(-c4nc(-c5ccc6c(c5)oc5ccccc56)nc(-c5ccc6c(c5)oc5ccccc56)n4)cc3)ccc1C21CCCCC1.